The Morgan fingerprint density at radius 2 is 2.03 bits per heavy atom. The summed E-state index contributed by atoms with van der Waals surface area (Å²) in [7, 11) is -3.36. The fourth-order valence-corrected chi connectivity index (χ4v) is 6.02. The lowest BCUT2D eigenvalue weighted by Gasteiger charge is -2.36. The summed E-state index contributed by atoms with van der Waals surface area (Å²) < 4.78 is 25.8. The molecule has 2 heterocycles. The van der Waals surface area contributed by atoms with Crippen molar-refractivity contribution in [3.05, 3.63) is 29.3 Å². The van der Waals surface area contributed by atoms with Gasteiger partial charge in [-0.05, 0) is 55.9 Å². The van der Waals surface area contributed by atoms with Crippen LogP contribution in [0.3, 0.4) is 0 Å². The number of imide groups is 1. The first-order valence-electron chi connectivity index (χ1n) is 10.5. The number of Topliss-reactive ketones (excluding diaryl/α,β-unsaturated/α-hetero) is 1. The topological polar surface area (TPSA) is 104 Å². The van der Waals surface area contributed by atoms with Crippen molar-refractivity contribution < 1.29 is 22.8 Å². The molecule has 1 N–H and O–H groups in total. The molecule has 2 unspecified atom stereocenters. The molecule has 0 aromatic heterocycles. The summed E-state index contributed by atoms with van der Waals surface area (Å²) in [5.74, 6) is -0.596. The molecule has 2 fully saturated rings. The van der Waals surface area contributed by atoms with Crippen LogP contribution in [-0.2, 0) is 21.2 Å². The van der Waals surface area contributed by atoms with Crippen LogP contribution >= 0.6 is 0 Å². The van der Waals surface area contributed by atoms with Crippen LogP contribution in [0.2, 0.25) is 0 Å². The summed E-state index contributed by atoms with van der Waals surface area (Å²) in [5, 5.41) is 2.86. The van der Waals surface area contributed by atoms with Gasteiger partial charge in [0.1, 0.15) is 5.54 Å². The van der Waals surface area contributed by atoms with Crippen molar-refractivity contribution >= 4 is 33.4 Å². The van der Waals surface area contributed by atoms with Crippen molar-refractivity contribution in [2.75, 3.05) is 23.1 Å². The van der Waals surface area contributed by atoms with E-state index in [-0.39, 0.29) is 29.9 Å². The molecule has 30 heavy (non-hydrogen) atoms. The fraction of sp³-hybridized carbons (Fsp3) is 0.571. The number of carbonyl (C=O) groups is 3. The van der Waals surface area contributed by atoms with Gasteiger partial charge in [0.25, 0.3) is 5.91 Å². The molecule has 1 saturated carbocycles. The molecule has 1 aliphatic carbocycles. The number of nitrogens with one attached hydrogen (secondary N) is 1. The minimum Gasteiger partial charge on any atom is -0.323 e. The number of rotatable bonds is 5. The molecule has 162 valence electrons. The van der Waals surface area contributed by atoms with Gasteiger partial charge in [-0.1, -0.05) is 19.8 Å². The number of anilines is 1. The Morgan fingerprint density at radius 1 is 1.27 bits per heavy atom. The van der Waals surface area contributed by atoms with E-state index in [1.54, 1.807) is 25.1 Å². The molecule has 1 saturated heterocycles. The predicted molar refractivity (Wildman–Crippen MR) is 112 cm³/mol. The number of fused-ring (bicyclic) bond motifs is 1. The Bertz CT molecular complexity index is 1020. The highest BCUT2D eigenvalue weighted by molar-refractivity contribution is 7.92. The van der Waals surface area contributed by atoms with Crippen LogP contribution in [0.4, 0.5) is 10.5 Å². The summed E-state index contributed by atoms with van der Waals surface area (Å²) >= 11 is 0. The number of nitrogens with zero attached hydrogens (tertiary/aromatic N) is 2. The van der Waals surface area contributed by atoms with Gasteiger partial charge in [-0.15, -0.1) is 0 Å². The monoisotopic (exact) mass is 433 g/mol. The lowest BCUT2D eigenvalue weighted by atomic mass is 9.73. The number of sulfonamides is 1. The smallest absolute Gasteiger partial charge is 0.323 e. The maximum absolute atomic E-state index is 13.1. The summed E-state index contributed by atoms with van der Waals surface area (Å²) in [4.78, 5) is 39.5. The SMILES string of the molecule is CCS(=O)(=O)N1CCc2cc(C(=O)CN3C(=O)NC4(CCCCC4C)C3=O)ccc21. The average molecular weight is 434 g/mol. The van der Waals surface area contributed by atoms with E-state index >= 15 is 0 Å². The van der Waals surface area contributed by atoms with Gasteiger partial charge >= 0.3 is 6.03 Å². The summed E-state index contributed by atoms with van der Waals surface area (Å²) in [6.45, 7) is 3.62. The summed E-state index contributed by atoms with van der Waals surface area (Å²) in [6.07, 6.45) is 3.91. The molecule has 2 aliphatic heterocycles. The van der Waals surface area contributed by atoms with Gasteiger partial charge < -0.3 is 5.32 Å². The van der Waals surface area contributed by atoms with E-state index in [9.17, 15) is 22.8 Å². The minimum atomic E-state index is -3.36. The van der Waals surface area contributed by atoms with E-state index in [4.69, 9.17) is 0 Å². The maximum Gasteiger partial charge on any atom is 0.325 e. The van der Waals surface area contributed by atoms with Gasteiger partial charge in [-0.3, -0.25) is 18.8 Å². The minimum absolute atomic E-state index is 0.0134. The molecule has 1 aromatic rings. The van der Waals surface area contributed by atoms with Crippen molar-refractivity contribution in [1.29, 1.82) is 0 Å². The van der Waals surface area contributed by atoms with E-state index in [0.717, 1.165) is 29.7 Å². The van der Waals surface area contributed by atoms with Crippen molar-refractivity contribution in [1.82, 2.24) is 10.2 Å². The number of urea groups is 1. The second-order valence-corrected chi connectivity index (χ2v) is 10.6. The third-order valence-corrected chi connectivity index (χ3v) is 8.54. The first kappa shape index (κ1) is 20.8. The van der Waals surface area contributed by atoms with Gasteiger partial charge in [0.2, 0.25) is 10.0 Å². The summed E-state index contributed by atoms with van der Waals surface area (Å²) in [5.41, 5.74) is 0.872. The first-order valence-corrected chi connectivity index (χ1v) is 12.1. The van der Waals surface area contributed by atoms with Gasteiger partial charge in [0, 0.05) is 12.1 Å². The molecule has 0 radical (unpaired) electrons. The zero-order chi connectivity index (χ0) is 21.7. The number of carbonyl (C=O) groups excluding carboxylic acids is 3. The molecule has 9 heteroatoms. The Kier molecular flexibility index (Phi) is 5.12. The quantitative estimate of drug-likeness (QED) is 0.566. The largest absolute Gasteiger partial charge is 0.325 e. The Balaban J connectivity index is 1.53. The highest BCUT2D eigenvalue weighted by Gasteiger charge is 2.55. The van der Waals surface area contributed by atoms with Crippen molar-refractivity contribution in [3.8, 4) is 0 Å². The molecule has 3 aliphatic rings. The van der Waals surface area contributed by atoms with Gasteiger partial charge in [-0.25, -0.2) is 13.2 Å². The number of hydrogen-bond donors (Lipinski definition) is 1. The second-order valence-electron chi connectivity index (χ2n) is 8.43. The Hall–Kier alpha value is -2.42. The van der Waals surface area contributed by atoms with Crippen LogP contribution in [0.15, 0.2) is 18.2 Å². The van der Waals surface area contributed by atoms with Crippen LogP contribution in [0.25, 0.3) is 0 Å². The van der Waals surface area contributed by atoms with E-state index in [2.05, 4.69) is 5.32 Å². The van der Waals surface area contributed by atoms with Crippen LogP contribution in [-0.4, -0.2) is 55.4 Å². The maximum atomic E-state index is 13.1. The van der Waals surface area contributed by atoms with Crippen molar-refractivity contribution in [2.45, 2.75) is 51.5 Å². The third-order valence-electron chi connectivity index (χ3n) is 6.76. The Labute approximate surface area is 176 Å². The van der Waals surface area contributed by atoms with Gasteiger partial charge in [0.15, 0.2) is 5.78 Å². The highest BCUT2D eigenvalue weighted by Crippen LogP contribution is 2.38. The number of amides is 3. The van der Waals surface area contributed by atoms with Crippen LogP contribution in [0, 0.1) is 5.92 Å². The van der Waals surface area contributed by atoms with E-state index in [0.29, 0.717) is 30.6 Å². The fourth-order valence-electron chi connectivity index (χ4n) is 4.86. The van der Waals surface area contributed by atoms with E-state index in [1.165, 1.54) is 4.31 Å². The lowest BCUT2D eigenvalue weighted by molar-refractivity contribution is -0.133. The zero-order valence-corrected chi connectivity index (χ0v) is 18.1. The highest BCUT2D eigenvalue weighted by atomic mass is 32.2. The van der Waals surface area contributed by atoms with Crippen molar-refractivity contribution in [2.24, 2.45) is 5.92 Å². The molecular weight excluding hydrogens is 406 g/mol. The van der Waals surface area contributed by atoms with Crippen LogP contribution in [0.1, 0.15) is 55.5 Å². The average Bonchev–Trinajstić information content (AvgIpc) is 3.25. The standard InChI is InChI=1S/C21H27N3O5S/c1-3-30(28,29)24-11-9-15-12-16(7-8-17(15)24)18(25)13-23-19(26)21(22-20(23)27)10-5-4-6-14(21)2/h7-8,12,14H,3-6,9-11,13H2,1-2H3,(H,22,27). The molecule has 1 aromatic carbocycles. The Morgan fingerprint density at radius 3 is 2.73 bits per heavy atom. The molecular formula is C21H27N3O5S. The van der Waals surface area contributed by atoms with E-state index < -0.39 is 21.6 Å². The first-order chi connectivity index (χ1) is 14.2. The van der Waals surface area contributed by atoms with Crippen molar-refractivity contribution in [3.63, 3.8) is 0 Å². The second kappa shape index (κ2) is 7.37. The van der Waals surface area contributed by atoms with Gasteiger partial charge in [-0.2, -0.15) is 0 Å². The van der Waals surface area contributed by atoms with Crippen LogP contribution < -0.4 is 9.62 Å². The van der Waals surface area contributed by atoms with E-state index in [1.807, 2.05) is 6.92 Å². The zero-order valence-electron chi connectivity index (χ0n) is 17.3. The molecule has 8 nitrogen and oxygen atoms in total. The van der Waals surface area contributed by atoms with Crippen LogP contribution in [0.5, 0.6) is 0 Å². The molecule has 2 atom stereocenters. The normalized spacial score (nSPS) is 26.3. The molecule has 0 bridgehead atoms. The molecule has 3 amide bonds. The molecule has 1 spiro atoms. The summed E-state index contributed by atoms with van der Waals surface area (Å²) in [6, 6.07) is 4.38. The van der Waals surface area contributed by atoms with Gasteiger partial charge in [0.05, 0.1) is 18.0 Å². The third kappa shape index (κ3) is 3.19. The molecule has 4 rings (SSSR count). The number of ketones is 1. The lowest BCUT2D eigenvalue weighted by Crippen LogP contribution is -2.54. The predicted octanol–water partition coefficient (Wildman–Crippen LogP) is 2.08. The number of hydrogen-bond acceptors (Lipinski definition) is 5. The number of benzene rings is 1.